The number of hydrogen-bond acceptors (Lipinski definition) is 2. The molecule has 1 atom stereocenters. The van der Waals surface area contributed by atoms with Crippen LogP contribution in [0, 0.1) is 0 Å². The molecule has 2 N–H and O–H groups in total. The molecule has 0 unspecified atom stereocenters. The largest absolute Gasteiger partial charge is 0.377 e. The zero-order valence-electron chi connectivity index (χ0n) is 8.18. The molecule has 11 heavy (non-hydrogen) atoms. The van der Waals surface area contributed by atoms with Gasteiger partial charge in [-0.25, -0.2) is 0 Å². The van der Waals surface area contributed by atoms with Crippen LogP contribution in [0.25, 0.3) is 0 Å². The topological polar surface area (TPSA) is 35.2 Å². The second kappa shape index (κ2) is 4.73. The predicted octanol–water partition coefficient (Wildman–Crippen LogP) is 1.93. The average Bonchev–Trinajstić information content (AvgIpc) is 2.08. The lowest BCUT2D eigenvalue weighted by Crippen LogP contribution is -2.48. The Bertz CT molecular complexity index is 91.5. The molecule has 0 aliphatic rings. The number of ether oxygens (including phenoxy) is 1. The van der Waals surface area contributed by atoms with Crippen LogP contribution in [0.3, 0.4) is 0 Å². The van der Waals surface area contributed by atoms with Crippen LogP contribution in [-0.2, 0) is 4.74 Å². The Morgan fingerprint density at radius 2 is 1.73 bits per heavy atom. The lowest BCUT2D eigenvalue weighted by molar-refractivity contribution is -0.0383. The summed E-state index contributed by atoms with van der Waals surface area (Å²) in [6.45, 7) is 6.36. The second-order valence-corrected chi connectivity index (χ2v) is 2.99. The van der Waals surface area contributed by atoms with Gasteiger partial charge in [-0.3, -0.25) is 0 Å². The van der Waals surface area contributed by atoms with Crippen molar-refractivity contribution in [3.8, 4) is 0 Å². The summed E-state index contributed by atoms with van der Waals surface area (Å²) in [5, 5.41) is 0. The molecule has 0 amide bonds. The first-order chi connectivity index (χ1) is 5.16. The van der Waals surface area contributed by atoms with Crippen LogP contribution in [0.4, 0.5) is 0 Å². The first-order valence-electron chi connectivity index (χ1n) is 4.47. The van der Waals surface area contributed by atoms with E-state index in [0.717, 1.165) is 19.3 Å². The fourth-order valence-electron chi connectivity index (χ4n) is 1.59. The molecule has 0 saturated carbocycles. The maximum absolute atomic E-state index is 5.96. The molecule has 2 nitrogen and oxygen atoms in total. The van der Waals surface area contributed by atoms with Crippen molar-refractivity contribution in [3.63, 3.8) is 0 Å². The molecule has 0 bridgehead atoms. The van der Waals surface area contributed by atoms with Gasteiger partial charge in [0.05, 0.1) is 5.60 Å². The summed E-state index contributed by atoms with van der Waals surface area (Å²) in [6, 6.07) is 0.169. The van der Waals surface area contributed by atoms with Gasteiger partial charge in [0.25, 0.3) is 0 Å². The Labute approximate surface area is 70.1 Å². The third-order valence-corrected chi connectivity index (χ3v) is 2.72. The fourth-order valence-corrected chi connectivity index (χ4v) is 1.59. The highest BCUT2D eigenvalue weighted by Gasteiger charge is 2.31. The summed E-state index contributed by atoms with van der Waals surface area (Å²) in [5.74, 6) is 0. The maximum atomic E-state index is 5.96. The van der Waals surface area contributed by atoms with Crippen LogP contribution in [0.2, 0.25) is 0 Å². The number of nitrogens with two attached hydrogens (primary N) is 1. The maximum Gasteiger partial charge on any atom is 0.0823 e. The highest BCUT2D eigenvalue weighted by Crippen LogP contribution is 2.24. The number of hydrogen-bond donors (Lipinski definition) is 1. The Morgan fingerprint density at radius 3 is 1.82 bits per heavy atom. The molecule has 0 aliphatic heterocycles. The lowest BCUT2D eigenvalue weighted by Gasteiger charge is -2.35. The zero-order chi connectivity index (χ0) is 8.91. The Kier molecular flexibility index (Phi) is 4.69. The summed E-state index contributed by atoms with van der Waals surface area (Å²) >= 11 is 0. The predicted molar refractivity (Wildman–Crippen MR) is 48.6 cm³/mol. The van der Waals surface area contributed by atoms with E-state index < -0.39 is 0 Å². The van der Waals surface area contributed by atoms with Gasteiger partial charge < -0.3 is 10.5 Å². The van der Waals surface area contributed by atoms with E-state index in [1.54, 1.807) is 7.11 Å². The van der Waals surface area contributed by atoms with Gasteiger partial charge in [-0.05, 0) is 19.3 Å². The van der Waals surface area contributed by atoms with Crippen LogP contribution < -0.4 is 5.73 Å². The van der Waals surface area contributed by atoms with Gasteiger partial charge in [-0.15, -0.1) is 0 Å². The van der Waals surface area contributed by atoms with E-state index in [0.29, 0.717) is 0 Å². The standard InChI is InChI=1S/C9H21NO/c1-5-8(10)9(6-2,7-3)11-4/h8H,5-7,10H2,1-4H3/t8-/m1/s1. The third kappa shape index (κ3) is 2.17. The lowest BCUT2D eigenvalue weighted by atomic mass is 9.87. The Morgan fingerprint density at radius 1 is 1.27 bits per heavy atom. The minimum absolute atomic E-state index is 0.0885. The summed E-state index contributed by atoms with van der Waals surface area (Å²) in [5.41, 5.74) is 5.87. The number of methoxy groups -OCH3 is 1. The molecule has 0 radical (unpaired) electrons. The van der Waals surface area contributed by atoms with Crippen LogP contribution in [0.5, 0.6) is 0 Å². The van der Waals surface area contributed by atoms with Crippen LogP contribution in [0.1, 0.15) is 40.0 Å². The van der Waals surface area contributed by atoms with Gasteiger partial charge in [0, 0.05) is 13.2 Å². The van der Waals surface area contributed by atoms with Gasteiger partial charge in [0.2, 0.25) is 0 Å². The smallest absolute Gasteiger partial charge is 0.0823 e. The molecule has 0 heterocycles. The molecule has 2 heteroatoms. The molecule has 0 aromatic rings. The quantitative estimate of drug-likeness (QED) is 0.665. The van der Waals surface area contributed by atoms with Crippen molar-refractivity contribution < 1.29 is 4.74 Å². The summed E-state index contributed by atoms with van der Waals surface area (Å²) in [6.07, 6.45) is 2.97. The molecular weight excluding hydrogens is 138 g/mol. The molecule has 0 spiro atoms. The first-order valence-corrected chi connectivity index (χ1v) is 4.47. The molecular formula is C9H21NO. The summed E-state index contributed by atoms with van der Waals surface area (Å²) < 4.78 is 5.46. The van der Waals surface area contributed by atoms with Gasteiger partial charge >= 0.3 is 0 Å². The van der Waals surface area contributed by atoms with E-state index in [9.17, 15) is 0 Å². The normalized spacial score (nSPS) is 15.0. The molecule has 0 aliphatic carbocycles. The van der Waals surface area contributed by atoms with Crippen molar-refractivity contribution in [2.75, 3.05) is 7.11 Å². The van der Waals surface area contributed by atoms with Gasteiger partial charge in [0.15, 0.2) is 0 Å². The van der Waals surface area contributed by atoms with Crippen molar-refractivity contribution in [1.29, 1.82) is 0 Å². The molecule has 0 aromatic carbocycles. The Balaban J connectivity index is 4.26. The monoisotopic (exact) mass is 159 g/mol. The van der Waals surface area contributed by atoms with Crippen molar-refractivity contribution in [2.24, 2.45) is 5.73 Å². The van der Waals surface area contributed by atoms with E-state index in [2.05, 4.69) is 20.8 Å². The number of rotatable bonds is 5. The van der Waals surface area contributed by atoms with Crippen molar-refractivity contribution >= 4 is 0 Å². The van der Waals surface area contributed by atoms with Crippen LogP contribution >= 0.6 is 0 Å². The van der Waals surface area contributed by atoms with Crippen LogP contribution in [0.15, 0.2) is 0 Å². The second-order valence-electron chi connectivity index (χ2n) is 2.99. The van der Waals surface area contributed by atoms with Crippen molar-refractivity contribution in [1.82, 2.24) is 0 Å². The first kappa shape index (κ1) is 10.9. The van der Waals surface area contributed by atoms with E-state index in [1.807, 2.05) is 0 Å². The summed E-state index contributed by atoms with van der Waals surface area (Å²) in [7, 11) is 1.75. The highest BCUT2D eigenvalue weighted by molar-refractivity contribution is 4.87. The zero-order valence-corrected chi connectivity index (χ0v) is 8.18. The summed E-state index contributed by atoms with van der Waals surface area (Å²) in [4.78, 5) is 0. The van der Waals surface area contributed by atoms with E-state index in [-0.39, 0.29) is 11.6 Å². The Hall–Kier alpha value is -0.0800. The van der Waals surface area contributed by atoms with Gasteiger partial charge in [-0.2, -0.15) is 0 Å². The van der Waals surface area contributed by atoms with Crippen LogP contribution in [-0.4, -0.2) is 18.8 Å². The molecule has 68 valence electrons. The highest BCUT2D eigenvalue weighted by atomic mass is 16.5. The average molecular weight is 159 g/mol. The fraction of sp³-hybridized carbons (Fsp3) is 1.00. The molecule has 0 rings (SSSR count). The van der Waals surface area contributed by atoms with Crippen molar-refractivity contribution in [2.45, 2.75) is 51.7 Å². The van der Waals surface area contributed by atoms with Gasteiger partial charge in [-0.1, -0.05) is 20.8 Å². The molecule has 0 aromatic heterocycles. The molecule has 0 fully saturated rings. The van der Waals surface area contributed by atoms with Crippen molar-refractivity contribution in [3.05, 3.63) is 0 Å². The van der Waals surface area contributed by atoms with E-state index >= 15 is 0 Å². The van der Waals surface area contributed by atoms with Gasteiger partial charge in [0.1, 0.15) is 0 Å². The van der Waals surface area contributed by atoms with E-state index in [4.69, 9.17) is 10.5 Å². The van der Waals surface area contributed by atoms with E-state index in [1.165, 1.54) is 0 Å². The third-order valence-electron chi connectivity index (χ3n) is 2.72. The SMILES string of the molecule is CC[C@@H](N)C(CC)(CC)OC. The minimum Gasteiger partial charge on any atom is -0.377 e. The molecule has 0 saturated heterocycles. The minimum atomic E-state index is -0.0885.